The standard InChI is InChI=1S/C12H12IN3O2/c1-2-18-12(17)10-11(13)16(15-14-10)8-9-6-4-3-5-7-9/h3-7H,2,8H2,1H3. The van der Waals surface area contributed by atoms with Crippen molar-refractivity contribution in [3.8, 4) is 0 Å². The van der Waals surface area contributed by atoms with Crippen molar-refractivity contribution in [3.05, 3.63) is 45.3 Å². The van der Waals surface area contributed by atoms with Crippen molar-refractivity contribution in [1.82, 2.24) is 15.0 Å². The highest BCUT2D eigenvalue weighted by molar-refractivity contribution is 14.1. The Morgan fingerprint density at radius 2 is 2.11 bits per heavy atom. The van der Waals surface area contributed by atoms with Gasteiger partial charge in [-0.25, -0.2) is 9.48 Å². The fraction of sp³-hybridized carbons (Fsp3) is 0.250. The highest BCUT2D eigenvalue weighted by Gasteiger charge is 2.18. The maximum Gasteiger partial charge on any atom is 0.361 e. The second-order valence-corrected chi connectivity index (χ2v) is 4.61. The molecule has 0 bridgehead atoms. The summed E-state index contributed by atoms with van der Waals surface area (Å²) in [6.45, 7) is 2.69. The molecule has 0 N–H and O–H groups in total. The van der Waals surface area contributed by atoms with Crippen molar-refractivity contribution in [2.24, 2.45) is 0 Å². The average molecular weight is 357 g/mol. The Labute approximate surface area is 118 Å². The van der Waals surface area contributed by atoms with Crippen LogP contribution in [0.15, 0.2) is 30.3 Å². The maximum atomic E-state index is 11.6. The van der Waals surface area contributed by atoms with Crippen LogP contribution in [0.25, 0.3) is 0 Å². The fourth-order valence-electron chi connectivity index (χ4n) is 1.48. The Morgan fingerprint density at radius 1 is 1.39 bits per heavy atom. The van der Waals surface area contributed by atoms with Gasteiger partial charge in [-0.1, -0.05) is 35.5 Å². The third-order valence-electron chi connectivity index (χ3n) is 2.32. The molecular formula is C12H12IN3O2. The van der Waals surface area contributed by atoms with Crippen LogP contribution in [0.1, 0.15) is 23.0 Å². The maximum absolute atomic E-state index is 11.6. The molecule has 2 aromatic rings. The predicted octanol–water partition coefficient (Wildman–Crippen LogP) is 2.11. The van der Waals surface area contributed by atoms with Crippen molar-refractivity contribution < 1.29 is 9.53 Å². The minimum absolute atomic E-state index is 0.272. The molecule has 0 saturated carbocycles. The zero-order valence-electron chi connectivity index (χ0n) is 9.84. The number of halogens is 1. The van der Waals surface area contributed by atoms with Crippen molar-refractivity contribution in [2.45, 2.75) is 13.5 Å². The van der Waals surface area contributed by atoms with Gasteiger partial charge in [0.05, 0.1) is 13.2 Å². The Morgan fingerprint density at radius 3 is 2.78 bits per heavy atom. The summed E-state index contributed by atoms with van der Waals surface area (Å²) >= 11 is 2.05. The summed E-state index contributed by atoms with van der Waals surface area (Å²) in [5.74, 6) is -0.429. The van der Waals surface area contributed by atoms with Gasteiger partial charge >= 0.3 is 5.97 Å². The molecular weight excluding hydrogens is 345 g/mol. The lowest BCUT2D eigenvalue weighted by molar-refractivity contribution is 0.0518. The summed E-state index contributed by atoms with van der Waals surface area (Å²) in [6, 6.07) is 9.89. The summed E-state index contributed by atoms with van der Waals surface area (Å²) in [4.78, 5) is 11.6. The summed E-state index contributed by atoms with van der Waals surface area (Å²) < 4.78 is 7.29. The SMILES string of the molecule is CCOC(=O)c1nnn(Cc2ccccc2)c1I. The van der Waals surface area contributed by atoms with Crippen LogP contribution in [0.4, 0.5) is 0 Å². The largest absolute Gasteiger partial charge is 0.461 e. The molecule has 0 amide bonds. The van der Waals surface area contributed by atoms with Crippen LogP contribution in [0.5, 0.6) is 0 Å². The second kappa shape index (κ2) is 5.94. The number of carbonyl (C=O) groups excluding carboxylic acids is 1. The molecule has 0 aliphatic rings. The topological polar surface area (TPSA) is 57.0 Å². The van der Waals surface area contributed by atoms with E-state index in [1.165, 1.54) is 0 Å². The molecule has 1 heterocycles. The molecule has 0 fully saturated rings. The molecule has 0 atom stereocenters. The first-order valence-electron chi connectivity index (χ1n) is 5.52. The van der Waals surface area contributed by atoms with Gasteiger partial charge < -0.3 is 4.74 Å². The van der Waals surface area contributed by atoms with Crippen molar-refractivity contribution in [1.29, 1.82) is 0 Å². The van der Waals surface area contributed by atoms with Gasteiger partial charge in [0.15, 0.2) is 0 Å². The molecule has 94 valence electrons. The molecule has 0 saturated heterocycles. The van der Waals surface area contributed by atoms with E-state index in [1.807, 2.05) is 30.3 Å². The quantitative estimate of drug-likeness (QED) is 0.621. The summed E-state index contributed by atoms with van der Waals surface area (Å²) in [5, 5.41) is 7.83. The van der Waals surface area contributed by atoms with E-state index in [2.05, 4.69) is 32.9 Å². The number of ether oxygens (including phenoxy) is 1. The van der Waals surface area contributed by atoms with E-state index in [0.717, 1.165) is 5.56 Å². The van der Waals surface area contributed by atoms with Crippen LogP contribution >= 0.6 is 22.6 Å². The van der Waals surface area contributed by atoms with Crippen LogP contribution in [-0.4, -0.2) is 27.6 Å². The lowest BCUT2D eigenvalue weighted by Crippen LogP contribution is -2.09. The van der Waals surface area contributed by atoms with E-state index >= 15 is 0 Å². The number of carbonyl (C=O) groups is 1. The van der Waals surface area contributed by atoms with E-state index in [4.69, 9.17) is 4.74 Å². The van der Waals surface area contributed by atoms with Gasteiger partial charge in [0.2, 0.25) is 5.69 Å². The van der Waals surface area contributed by atoms with Crippen LogP contribution < -0.4 is 0 Å². The zero-order chi connectivity index (χ0) is 13.0. The molecule has 0 spiro atoms. The highest BCUT2D eigenvalue weighted by atomic mass is 127. The monoisotopic (exact) mass is 357 g/mol. The third-order valence-corrected chi connectivity index (χ3v) is 3.39. The summed E-state index contributed by atoms with van der Waals surface area (Å²) in [5.41, 5.74) is 1.38. The van der Waals surface area contributed by atoms with Crippen molar-refractivity contribution in [2.75, 3.05) is 6.61 Å². The number of rotatable bonds is 4. The Kier molecular flexibility index (Phi) is 4.29. The highest BCUT2D eigenvalue weighted by Crippen LogP contribution is 2.12. The molecule has 5 nitrogen and oxygen atoms in total. The molecule has 1 aromatic carbocycles. The van der Waals surface area contributed by atoms with Gasteiger partial charge in [0.25, 0.3) is 0 Å². The van der Waals surface area contributed by atoms with Gasteiger partial charge in [-0.3, -0.25) is 0 Å². The first kappa shape index (κ1) is 13.0. The summed E-state index contributed by atoms with van der Waals surface area (Å²) in [7, 11) is 0. The minimum atomic E-state index is -0.429. The molecule has 6 heteroatoms. The predicted molar refractivity (Wildman–Crippen MR) is 74.2 cm³/mol. The molecule has 2 rings (SSSR count). The van der Waals surface area contributed by atoms with Crippen LogP contribution in [0, 0.1) is 3.70 Å². The third kappa shape index (κ3) is 2.87. The fourth-order valence-corrected chi connectivity index (χ4v) is 2.08. The molecule has 0 radical (unpaired) electrons. The molecule has 1 aromatic heterocycles. The lowest BCUT2D eigenvalue weighted by Gasteiger charge is -2.02. The lowest BCUT2D eigenvalue weighted by atomic mass is 10.2. The Balaban J connectivity index is 2.18. The summed E-state index contributed by atoms with van der Waals surface area (Å²) in [6.07, 6.45) is 0. The van der Waals surface area contributed by atoms with E-state index in [-0.39, 0.29) is 5.69 Å². The number of hydrogen-bond acceptors (Lipinski definition) is 4. The average Bonchev–Trinajstić information content (AvgIpc) is 2.73. The Bertz CT molecular complexity index is 540. The van der Waals surface area contributed by atoms with Crippen molar-refractivity contribution >= 4 is 28.6 Å². The number of benzene rings is 1. The van der Waals surface area contributed by atoms with E-state index < -0.39 is 5.97 Å². The van der Waals surface area contributed by atoms with Crippen LogP contribution in [0.3, 0.4) is 0 Å². The number of aromatic nitrogens is 3. The van der Waals surface area contributed by atoms with Gasteiger partial charge in [0.1, 0.15) is 3.70 Å². The minimum Gasteiger partial charge on any atom is -0.461 e. The van der Waals surface area contributed by atoms with E-state index in [0.29, 0.717) is 16.9 Å². The van der Waals surface area contributed by atoms with Crippen LogP contribution in [0.2, 0.25) is 0 Å². The van der Waals surface area contributed by atoms with Crippen LogP contribution in [-0.2, 0) is 11.3 Å². The van der Waals surface area contributed by atoms with Gasteiger partial charge in [-0.2, -0.15) is 0 Å². The Hall–Kier alpha value is -1.44. The van der Waals surface area contributed by atoms with E-state index in [9.17, 15) is 4.79 Å². The molecule has 0 unspecified atom stereocenters. The molecule has 0 aliphatic carbocycles. The van der Waals surface area contributed by atoms with Gasteiger partial charge in [0, 0.05) is 0 Å². The molecule has 18 heavy (non-hydrogen) atoms. The number of esters is 1. The molecule has 0 aliphatic heterocycles. The smallest absolute Gasteiger partial charge is 0.361 e. The van der Waals surface area contributed by atoms with Gasteiger partial charge in [-0.15, -0.1) is 5.10 Å². The number of nitrogens with zero attached hydrogens (tertiary/aromatic N) is 3. The van der Waals surface area contributed by atoms with Crippen molar-refractivity contribution in [3.63, 3.8) is 0 Å². The normalized spacial score (nSPS) is 10.3. The second-order valence-electron chi connectivity index (χ2n) is 3.59. The van der Waals surface area contributed by atoms with Gasteiger partial charge in [-0.05, 0) is 35.1 Å². The number of hydrogen-bond donors (Lipinski definition) is 0. The first-order valence-corrected chi connectivity index (χ1v) is 6.60. The first-order chi connectivity index (χ1) is 8.72. The van der Waals surface area contributed by atoms with E-state index in [1.54, 1.807) is 11.6 Å². The zero-order valence-corrected chi connectivity index (χ0v) is 12.0.